The van der Waals surface area contributed by atoms with Gasteiger partial charge in [0, 0.05) is 25.5 Å². The minimum Gasteiger partial charge on any atom is -0.383 e. The van der Waals surface area contributed by atoms with Crippen LogP contribution in [0.15, 0.2) is 24.3 Å². The van der Waals surface area contributed by atoms with Crippen molar-refractivity contribution in [2.75, 3.05) is 26.1 Å². The fourth-order valence-corrected chi connectivity index (χ4v) is 1.40. The number of methoxy groups -OCH3 is 2. The summed E-state index contributed by atoms with van der Waals surface area (Å²) >= 11 is 0. The Morgan fingerprint density at radius 2 is 2.06 bits per heavy atom. The Labute approximate surface area is 101 Å². The zero-order valence-electron chi connectivity index (χ0n) is 10.1. The molecule has 0 fully saturated rings. The van der Waals surface area contributed by atoms with E-state index >= 15 is 0 Å². The van der Waals surface area contributed by atoms with Crippen molar-refractivity contribution in [2.24, 2.45) is 5.73 Å². The van der Waals surface area contributed by atoms with Crippen molar-refractivity contribution in [3.63, 3.8) is 0 Å². The molecule has 0 aliphatic carbocycles. The molecule has 0 radical (unpaired) electrons. The number of anilines is 1. The van der Waals surface area contributed by atoms with Gasteiger partial charge in [0.1, 0.15) is 6.04 Å². The summed E-state index contributed by atoms with van der Waals surface area (Å²) in [5, 5.41) is 2.76. The summed E-state index contributed by atoms with van der Waals surface area (Å²) in [6, 6.07) is 6.76. The molecule has 5 nitrogen and oxygen atoms in total. The Kier molecular flexibility index (Phi) is 5.62. The molecule has 0 saturated heterocycles. The van der Waals surface area contributed by atoms with Crippen LogP contribution in [0.2, 0.25) is 0 Å². The largest absolute Gasteiger partial charge is 0.383 e. The van der Waals surface area contributed by atoms with E-state index in [2.05, 4.69) is 5.32 Å². The Morgan fingerprint density at radius 1 is 1.35 bits per heavy atom. The number of benzene rings is 1. The highest BCUT2D eigenvalue weighted by Gasteiger charge is 2.14. The maximum absolute atomic E-state index is 11.7. The number of para-hydroxylation sites is 1. The van der Waals surface area contributed by atoms with Crippen LogP contribution in [-0.4, -0.2) is 32.8 Å². The summed E-state index contributed by atoms with van der Waals surface area (Å²) in [6.45, 7) is 0.633. The van der Waals surface area contributed by atoms with Crippen molar-refractivity contribution in [2.45, 2.75) is 12.6 Å². The zero-order valence-corrected chi connectivity index (χ0v) is 10.1. The van der Waals surface area contributed by atoms with E-state index in [0.29, 0.717) is 12.3 Å². The van der Waals surface area contributed by atoms with Crippen LogP contribution < -0.4 is 11.1 Å². The number of nitrogens with two attached hydrogens (primary N) is 1. The summed E-state index contributed by atoms with van der Waals surface area (Å²) in [7, 11) is 3.11. The summed E-state index contributed by atoms with van der Waals surface area (Å²) < 4.78 is 9.88. The summed E-state index contributed by atoms with van der Waals surface area (Å²) in [6.07, 6.45) is 0. The van der Waals surface area contributed by atoms with Crippen molar-refractivity contribution in [1.82, 2.24) is 0 Å². The Morgan fingerprint density at radius 3 is 2.71 bits per heavy atom. The Bertz CT molecular complexity index is 369. The normalized spacial score (nSPS) is 12.2. The zero-order chi connectivity index (χ0) is 12.7. The van der Waals surface area contributed by atoms with E-state index < -0.39 is 6.04 Å². The molecule has 0 aromatic heterocycles. The van der Waals surface area contributed by atoms with E-state index in [-0.39, 0.29) is 12.5 Å². The molecule has 0 aliphatic rings. The van der Waals surface area contributed by atoms with Crippen LogP contribution in [0.25, 0.3) is 0 Å². The second-order valence-corrected chi connectivity index (χ2v) is 3.64. The molecule has 1 unspecified atom stereocenters. The van der Waals surface area contributed by atoms with Crippen molar-refractivity contribution in [3.8, 4) is 0 Å². The van der Waals surface area contributed by atoms with E-state index in [1.54, 1.807) is 7.11 Å². The van der Waals surface area contributed by atoms with E-state index in [4.69, 9.17) is 15.2 Å². The molecule has 0 bridgehead atoms. The van der Waals surface area contributed by atoms with Gasteiger partial charge in [0.25, 0.3) is 0 Å². The average Bonchev–Trinajstić information content (AvgIpc) is 2.32. The molecule has 0 aliphatic heterocycles. The van der Waals surface area contributed by atoms with Gasteiger partial charge in [0.15, 0.2) is 0 Å². The van der Waals surface area contributed by atoms with Crippen molar-refractivity contribution in [1.29, 1.82) is 0 Å². The predicted molar refractivity (Wildman–Crippen MR) is 65.6 cm³/mol. The van der Waals surface area contributed by atoms with Crippen molar-refractivity contribution < 1.29 is 14.3 Å². The quantitative estimate of drug-likeness (QED) is 0.766. The van der Waals surface area contributed by atoms with Gasteiger partial charge in [-0.1, -0.05) is 18.2 Å². The first-order valence-electron chi connectivity index (χ1n) is 5.31. The van der Waals surface area contributed by atoms with Crippen molar-refractivity contribution >= 4 is 11.6 Å². The second-order valence-electron chi connectivity index (χ2n) is 3.64. The van der Waals surface area contributed by atoms with Crippen LogP contribution >= 0.6 is 0 Å². The molecule has 1 aromatic rings. The first-order valence-corrected chi connectivity index (χ1v) is 5.31. The average molecular weight is 238 g/mol. The smallest absolute Gasteiger partial charge is 0.243 e. The highest BCUT2D eigenvalue weighted by Crippen LogP contribution is 2.15. The lowest BCUT2D eigenvalue weighted by Gasteiger charge is -2.13. The SMILES string of the molecule is COCc1ccccc1NC(=O)C(N)COC. The van der Waals surface area contributed by atoms with Gasteiger partial charge in [-0.2, -0.15) is 0 Å². The molecular weight excluding hydrogens is 220 g/mol. The van der Waals surface area contributed by atoms with Crippen molar-refractivity contribution in [3.05, 3.63) is 29.8 Å². The summed E-state index contributed by atoms with van der Waals surface area (Å²) in [4.78, 5) is 11.7. The Hall–Kier alpha value is -1.43. The third-order valence-electron chi connectivity index (χ3n) is 2.26. The number of carbonyl (C=O) groups is 1. The van der Waals surface area contributed by atoms with Gasteiger partial charge >= 0.3 is 0 Å². The number of hydrogen-bond donors (Lipinski definition) is 2. The van der Waals surface area contributed by atoms with Crippen LogP contribution in [0.3, 0.4) is 0 Å². The van der Waals surface area contributed by atoms with Crippen LogP contribution in [0, 0.1) is 0 Å². The lowest BCUT2D eigenvalue weighted by molar-refractivity contribution is -0.118. The van der Waals surface area contributed by atoms with Gasteiger partial charge < -0.3 is 20.5 Å². The minimum absolute atomic E-state index is 0.193. The number of ether oxygens (including phenoxy) is 2. The molecule has 1 rings (SSSR count). The van der Waals surface area contributed by atoms with Gasteiger partial charge in [0.05, 0.1) is 13.2 Å². The van der Waals surface area contributed by atoms with Gasteiger partial charge in [0.2, 0.25) is 5.91 Å². The standard InChI is InChI=1S/C12H18N2O3/c1-16-7-9-5-3-4-6-11(9)14-12(15)10(13)8-17-2/h3-6,10H,7-8,13H2,1-2H3,(H,14,15). The molecule has 1 amide bonds. The van der Waals surface area contributed by atoms with E-state index in [0.717, 1.165) is 5.56 Å². The van der Waals surface area contributed by atoms with E-state index in [9.17, 15) is 4.79 Å². The number of hydrogen-bond acceptors (Lipinski definition) is 4. The molecule has 5 heteroatoms. The van der Waals surface area contributed by atoms with Crippen LogP contribution in [0.4, 0.5) is 5.69 Å². The molecule has 1 aromatic carbocycles. The van der Waals surface area contributed by atoms with Crippen LogP contribution in [0.5, 0.6) is 0 Å². The van der Waals surface area contributed by atoms with E-state index in [1.807, 2.05) is 24.3 Å². The molecular formula is C12H18N2O3. The number of carbonyl (C=O) groups excluding carboxylic acids is 1. The fourth-order valence-electron chi connectivity index (χ4n) is 1.40. The number of amides is 1. The van der Waals surface area contributed by atoms with Gasteiger partial charge in [-0.15, -0.1) is 0 Å². The molecule has 94 valence electrons. The number of rotatable bonds is 6. The summed E-state index contributed by atoms with van der Waals surface area (Å²) in [5.41, 5.74) is 7.26. The van der Waals surface area contributed by atoms with Gasteiger partial charge in [-0.25, -0.2) is 0 Å². The monoisotopic (exact) mass is 238 g/mol. The molecule has 0 spiro atoms. The Balaban J connectivity index is 2.70. The first kappa shape index (κ1) is 13.6. The fraction of sp³-hybridized carbons (Fsp3) is 0.417. The lowest BCUT2D eigenvalue weighted by atomic mass is 10.2. The number of nitrogens with one attached hydrogen (secondary N) is 1. The molecule has 1 atom stereocenters. The maximum atomic E-state index is 11.7. The van der Waals surface area contributed by atoms with Gasteiger partial charge in [-0.3, -0.25) is 4.79 Å². The molecule has 0 saturated carbocycles. The summed E-state index contributed by atoms with van der Waals surface area (Å²) in [5.74, 6) is -0.268. The maximum Gasteiger partial charge on any atom is 0.243 e. The highest BCUT2D eigenvalue weighted by atomic mass is 16.5. The lowest BCUT2D eigenvalue weighted by Crippen LogP contribution is -2.39. The molecule has 0 heterocycles. The second kappa shape index (κ2) is 7.01. The minimum atomic E-state index is -0.671. The third-order valence-corrected chi connectivity index (χ3v) is 2.26. The van der Waals surface area contributed by atoms with Crippen LogP contribution in [-0.2, 0) is 20.9 Å². The topological polar surface area (TPSA) is 73.6 Å². The predicted octanol–water partition coefficient (Wildman–Crippen LogP) is 0.745. The highest BCUT2D eigenvalue weighted by molar-refractivity contribution is 5.95. The van der Waals surface area contributed by atoms with Crippen LogP contribution in [0.1, 0.15) is 5.56 Å². The molecule has 17 heavy (non-hydrogen) atoms. The molecule has 3 N–H and O–H groups in total. The third kappa shape index (κ3) is 4.14. The van der Waals surface area contributed by atoms with Gasteiger partial charge in [-0.05, 0) is 6.07 Å². The van der Waals surface area contributed by atoms with E-state index in [1.165, 1.54) is 7.11 Å². The first-order chi connectivity index (χ1) is 8.19.